The summed E-state index contributed by atoms with van der Waals surface area (Å²) in [4.78, 5) is 0. The zero-order valence-corrected chi connectivity index (χ0v) is 21.1. The monoisotopic (exact) mass is 487 g/mol. The van der Waals surface area contributed by atoms with Gasteiger partial charge in [0.2, 0.25) is 0 Å². The molecule has 0 N–H and O–H groups in total. The molecule has 38 heavy (non-hydrogen) atoms. The Bertz CT molecular complexity index is 1770. The number of benzene rings is 4. The fourth-order valence-corrected chi connectivity index (χ4v) is 5.41. The van der Waals surface area contributed by atoms with E-state index in [1.807, 2.05) is 25.1 Å². The maximum absolute atomic E-state index is 10.2. The molecule has 5 aromatic rings. The van der Waals surface area contributed by atoms with Gasteiger partial charge in [0.15, 0.2) is 0 Å². The van der Waals surface area contributed by atoms with Crippen LogP contribution in [-0.4, -0.2) is 4.57 Å². The Hall–Kier alpha value is -5.12. The number of fused-ring (bicyclic) bond motifs is 3. The first kappa shape index (κ1) is 23.3. The third-order valence-electron chi connectivity index (χ3n) is 7.23. The number of rotatable bonds is 3. The zero-order chi connectivity index (χ0) is 26.1. The van der Waals surface area contributed by atoms with Gasteiger partial charge in [-0.2, -0.15) is 10.5 Å². The molecule has 1 heterocycles. The molecule has 1 aromatic heterocycles. The van der Waals surface area contributed by atoms with Crippen LogP contribution in [0.5, 0.6) is 0 Å². The molecule has 0 saturated heterocycles. The number of allylic oxidation sites excluding steroid dienone is 6. The number of aromatic nitrogens is 1. The van der Waals surface area contributed by atoms with Crippen molar-refractivity contribution >= 4 is 27.5 Å². The van der Waals surface area contributed by atoms with Crippen LogP contribution < -0.4 is 0 Å². The number of nitriles is 2. The van der Waals surface area contributed by atoms with E-state index in [1.165, 1.54) is 0 Å². The first-order chi connectivity index (χ1) is 18.7. The van der Waals surface area contributed by atoms with Gasteiger partial charge in [0.1, 0.15) is 6.07 Å². The molecule has 0 fully saturated rings. The van der Waals surface area contributed by atoms with Crippen LogP contribution in [0.2, 0.25) is 0 Å². The Morgan fingerprint density at radius 2 is 1.21 bits per heavy atom. The van der Waals surface area contributed by atoms with E-state index in [0.717, 1.165) is 56.1 Å². The van der Waals surface area contributed by atoms with Crippen LogP contribution in [0.1, 0.15) is 19.8 Å². The molecule has 180 valence electrons. The highest BCUT2D eigenvalue weighted by molar-refractivity contribution is 6.13. The van der Waals surface area contributed by atoms with E-state index < -0.39 is 0 Å². The van der Waals surface area contributed by atoms with Gasteiger partial charge in [0.25, 0.3) is 0 Å². The standard InChI is InChI=1S/C35H25N3/c1-24-9-8-14-29(22-36)35(30(19-24)23-37)38-33-17-15-27(25-10-4-2-5-11-25)20-31(33)32-21-28(16-18-34(32)38)26-12-6-3-7-13-26/h2-7,9-13,15-21H,8,14H2,1H3/b24-9?,30-19?,35-29+. The minimum Gasteiger partial charge on any atom is -0.307 e. The van der Waals surface area contributed by atoms with E-state index in [1.54, 1.807) is 0 Å². The van der Waals surface area contributed by atoms with Crippen molar-refractivity contribution in [1.29, 1.82) is 10.5 Å². The van der Waals surface area contributed by atoms with Crippen molar-refractivity contribution in [1.82, 2.24) is 4.57 Å². The molecule has 3 heteroatoms. The summed E-state index contributed by atoms with van der Waals surface area (Å²) in [5.41, 5.74) is 9.37. The van der Waals surface area contributed by atoms with E-state index >= 15 is 0 Å². The van der Waals surface area contributed by atoms with Gasteiger partial charge in [-0.15, -0.1) is 0 Å². The summed E-state index contributed by atoms with van der Waals surface area (Å²) in [6.45, 7) is 2.01. The molecule has 6 rings (SSSR count). The van der Waals surface area contributed by atoms with Crippen LogP contribution in [0.4, 0.5) is 0 Å². The molecule has 0 unspecified atom stereocenters. The van der Waals surface area contributed by atoms with Gasteiger partial charge in [-0.05, 0) is 72.4 Å². The summed E-state index contributed by atoms with van der Waals surface area (Å²) in [5, 5.41) is 22.6. The SMILES string of the molecule is CC1=CCC/C(C#N)=C(\n2c3ccc(-c4ccccc4)cc3c3cc(-c4ccccc4)ccc32)C(C#N)=C1. The van der Waals surface area contributed by atoms with Crippen LogP contribution >= 0.6 is 0 Å². The summed E-state index contributed by atoms with van der Waals surface area (Å²) in [7, 11) is 0. The fourth-order valence-electron chi connectivity index (χ4n) is 5.41. The maximum Gasteiger partial charge on any atom is 0.101 e. The molecular weight excluding hydrogens is 462 g/mol. The Labute approximate surface area is 222 Å². The van der Waals surface area contributed by atoms with Gasteiger partial charge < -0.3 is 4.57 Å². The smallest absolute Gasteiger partial charge is 0.101 e. The van der Waals surface area contributed by atoms with Crippen LogP contribution in [0.3, 0.4) is 0 Å². The molecule has 3 nitrogen and oxygen atoms in total. The lowest BCUT2D eigenvalue weighted by atomic mass is 9.97. The molecule has 0 radical (unpaired) electrons. The zero-order valence-electron chi connectivity index (χ0n) is 21.1. The highest BCUT2D eigenvalue weighted by Crippen LogP contribution is 2.40. The summed E-state index contributed by atoms with van der Waals surface area (Å²) >= 11 is 0. The second-order valence-corrected chi connectivity index (χ2v) is 9.63. The second kappa shape index (κ2) is 9.74. The lowest BCUT2D eigenvalue weighted by Crippen LogP contribution is -2.05. The van der Waals surface area contributed by atoms with Crippen LogP contribution in [-0.2, 0) is 0 Å². The quantitative estimate of drug-likeness (QED) is 0.255. The minimum atomic E-state index is 0.507. The van der Waals surface area contributed by atoms with Crippen LogP contribution in [0.15, 0.2) is 126 Å². The first-order valence-electron chi connectivity index (χ1n) is 12.8. The van der Waals surface area contributed by atoms with Crippen molar-refractivity contribution < 1.29 is 0 Å². The molecule has 0 aliphatic heterocycles. The third kappa shape index (κ3) is 4.01. The average molecular weight is 488 g/mol. The molecule has 0 saturated carbocycles. The van der Waals surface area contributed by atoms with Crippen molar-refractivity contribution in [2.24, 2.45) is 0 Å². The topological polar surface area (TPSA) is 52.5 Å². The van der Waals surface area contributed by atoms with E-state index in [9.17, 15) is 10.5 Å². The predicted octanol–water partition coefficient (Wildman–Crippen LogP) is 9.05. The Morgan fingerprint density at radius 3 is 1.71 bits per heavy atom. The van der Waals surface area contributed by atoms with Gasteiger partial charge in [-0.25, -0.2) is 0 Å². The normalized spacial score (nSPS) is 15.8. The summed E-state index contributed by atoms with van der Waals surface area (Å²) in [6.07, 6.45) is 5.35. The molecule has 1 aliphatic rings. The lowest BCUT2D eigenvalue weighted by Gasteiger charge is -2.17. The second-order valence-electron chi connectivity index (χ2n) is 9.63. The van der Waals surface area contributed by atoms with Crippen LogP contribution in [0, 0.1) is 22.7 Å². The fraction of sp³-hybridized carbons (Fsp3) is 0.0857. The lowest BCUT2D eigenvalue weighted by molar-refractivity contribution is 0.983. The van der Waals surface area contributed by atoms with E-state index in [4.69, 9.17) is 0 Å². The molecule has 4 aromatic carbocycles. The van der Waals surface area contributed by atoms with E-state index in [0.29, 0.717) is 23.3 Å². The van der Waals surface area contributed by atoms with Gasteiger partial charge in [-0.1, -0.05) is 84.4 Å². The third-order valence-corrected chi connectivity index (χ3v) is 7.23. The summed E-state index contributed by atoms with van der Waals surface area (Å²) < 4.78 is 2.13. The van der Waals surface area contributed by atoms with Gasteiger partial charge in [0.05, 0.1) is 33.9 Å². The maximum atomic E-state index is 10.2. The highest BCUT2D eigenvalue weighted by atomic mass is 15.0. The van der Waals surface area contributed by atoms with E-state index in [-0.39, 0.29) is 0 Å². The van der Waals surface area contributed by atoms with Crippen molar-refractivity contribution in [3.05, 3.63) is 126 Å². The van der Waals surface area contributed by atoms with Gasteiger partial charge in [0, 0.05) is 10.8 Å². The Morgan fingerprint density at radius 1 is 0.658 bits per heavy atom. The molecular formula is C35H25N3. The average Bonchev–Trinajstić information content (AvgIpc) is 3.28. The largest absolute Gasteiger partial charge is 0.307 e. The van der Waals surface area contributed by atoms with Crippen molar-refractivity contribution in [2.75, 3.05) is 0 Å². The minimum absolute atomic E-state index is 0.507. The number of hydrogen-bond acceptors (Lipinski definition) is 2. The number of hydrogen-bond donors (Lipinski definition) is 0. The number of nitrogens with zero attached hydrogens (tertiary/aromatic N) is 3. The van der Waals surface area contributed by atoms with Crippen molar-refractivity contribution in [3.63, 3.8) is 0 Å². The van der Waals surface area contributed by atoms with Crippen molar-refractivity contribution in [2.45, 2.75) is 19.8 Å². The van der Waals surface area contributed by atoms with Gasteiger partial charge in [-0.3, -0.25) is 0 Å². The Balaban J connectivity index is 1.72. The van der Waals surface area contributed by atoms with Gasteiger partial charge >= 0.3 is 0 Å². The highest BCUT2D eigenvalue weighted by Gasteiger charge is 2.22. The first-order valence-corrected chi connectivity index (χ1v) is 12.8. The molecule has 0 atom stereocenters. The molecule has 1 aliphatic carbocycles. The predicted molar refractivity (Wildman–Crippen MR) is 156 cm³/mol. The summed E-state index contributed by atoms with van der Waals surface area (Å²) in [6, 6.07) is 38.5. The molecule has 0 bridgehead atoms. The molecule has 0 spiro atoms. The summed E-state index contributed by atoms with van der Waals surface area (Å²) in [5.74, 6) is 0. The van der Waals surface area contributed by atoms with Crippen molar-refractivity contribution in [3.8, 4) is 34.4 Å². The molecule has 0 amide bonds. The van der Waals surface area contributed by atoms with E-state index in [2.05, 4.69) is 108 Å². The van der Waals surface area contributed by atoms with Crippen LogP contribution in [0.25, 0.3) is 49.8 Å². The Kier molecular flexibility index (Phi) is 5.97.